The molecule has 1 aromatic carbocycles. The summed E-state index contributed by atoms with van der Waals surface area (Å²) in [5.74, 6) is -0.980. The molecule has 0 aliphatic carbocycles. The zero-order valence-corrected chi connectivity index (χ0v) is 15.6. The number of carboxylic acid groups (broad SMARTS) is 1. The number of carbonyl (C=O) groups excluding carboxylic acids is 1. The number of aromatic amines is 1. The normalized spacial score (nSPS) is 10.3. The molecule has 0 atom stereocenters. The molecule has 23 heavy (non-hydrogen) atoms. The number of carbonyl (C=O) groups is 1. The summed E-state index contributed by atoms with van der Waals surface area (Å²) in [6.45, 7) is 0.674. The first-order chi connectivity index (χ1) is 10.7. The fraction of sp³-hybridized carbons (Fsp3) is 0.412. The summed E-state index contributed by atoms with van der Waals surface area (Å²) in [6, 6.07) is 9.83. The molecule has 0 radical (unpaired) electrons. The third kappa shape index (κ3) is 6.37. The van der Waals surface area contributed by atoms with Crippen molar-refractivity contribution < 1.29 is 39.5 Å². The molecule has 1 aromatic heterocycles. The maximum Gasteiger partial charge on any atom is 1.00 e. The Labute approximate surface area is 158 Å². The van der Waals surface area contributed by atoms with E-state index in [0.29, 0.717) is 13.0 Å². The Hall–Kier alpha value is -1.30. The summed E-state index contributed by atoms with van der Waals surface area (Å²) in [5.41, 5.74) is 1.84. The van der Waals surface area contributed by atoms with Crippen molar-refractivity contribution in [3.63, 3.8) is 0 Å². The van der Waals surface area contributed by atoms with Crippen molar-refractivity contribution in [3.05, 3.63) is 47.0 Å². The molecule has 0 unspecified atom stereocenters. The second-order valence-corrected chi connectivity index (χ2v) is 5.39. The monoisotopic (exact) mass is 324 g/mol. The number of benzene rings is 1. The third-order valence-electron chi connectivity index (χ3n) is 3.70. The van der Waals surface area contributed by atoms with Gasteiger partial charge in [-0.25, -0.2) is 4.79 Å². The minimum atomic E-state index is -0.980. The number of nitrogens with zero attached hydrogens (tertiary/aromatic N) is 1. The number of carboxylic acids is 1. The van der Waals surface area contributed by atoms with E-state index in [0.717, 1.165) is 36.9 Å². The van der Waals surface area contributed by atoms with Crippen molar-refractivity contribution in [3.8, 4) is 11.3 Å². The van der Waals surface area contributed by atoms with Crippen LogP contribution in [0.1, 0.15) is 38.5 Å². The number of hydrogen-bond acceptors (Lipinski definition) is 3. The van der Waals surface area contributed by atoms with E-state index in [1.807, 2.05) is 30.3 Å². The van der Waals surface area contributed by atoms with E-state index in [9.17, 15) is 14.7 Å². The molecule has 0 fully saturated rings. The van der Waals surface area contributed by atoms with Gasteiger partial charge in [0.1, 0.15) is 0 Å². The Balaban J connectivity index is 0.00000264. The molecule has 2 rings (SSSR count). The van der Waals surface area contributed by atoms with Gasteiger partial charge in [0.05, 0.1) is 5.69 Å². The smallest absolute Gasteiger partial charge is 0.550 e. The summed E-state index contributed by atoms with van der Waals surface area (Å²) in [4.78, 5) is 24.9. The van der Waals surface area contributed by atoms with Crippen LogP contribution in [0.3, 0.4) is 0 Å². The van der Waals surface area contributed by atoms with E-state index in [1.54, 1.807) is 10.8 Å². The SMILES string of the molecule is O=C([O-])CCCCCCCn1c(-c2ccccc2)c[nH]c1=O.[Na+]. The van der Waals surface area contributed by atoms with Gasteiger partial charge < -0.3 is 14.9 Å². The van der Waals surface area contributed by atoms with Crippen molar-refractivity contribution >= 4 is 5.97 Å². The van der Waals surface area contributed by atoms with Gasteiger partial charge in [-0.05, 0) is 24.8 Å². The minimum absolute atomic E-state index is 0. The zero-order chi connectivity index (χ0) is 15.8. The van der Waals surface area contributed by atoms with E-state index in [1.165, 1.54) is 0 Å². The van der Waals surface area contributed by atoms with Crippen LogP contribution in [0, 0.1) is 0 Å². The molecule has 6 heteroatoms. The molecule has 0 saturated carbocycles. The van der Waals surface area contributed by atoms with Crippen molar-refractivity contribution in [2.24, 2.45) is 0 Å². The molecule has 1 heterocycles. The number of imidazole rings is 1. The first-order valence-corrected chi connectivity index (χ1v) is 7.72. The van der Waals surface area contributed by atoms with Crippen molar-refractivity contribution in [2.75, 3.05) is 0 Å². The topological polar surface area (TPSA) is 77.9 Å². The maximum absolute atomic E-state index is 11.9. The molecule has 118 valence electrons. The summed E-state index contributed by atoms with van der Waals surface area (Å²) >= 11 is 0. The molecule has 0 spiro atoms. The number of unbranched alkanes of at least 4 members (excludes halogenated alkanes) is 4. The molecule has 0 aliphatic rings. The summed E-state index contributed by atoms with van der Waals surface area (Å²) < 4.78 is 1.76. The average molecular weight is 324 g/mol. The Morgan fingerprint density at radius 2 is 1.70 bits per heavy atom. The van der Waals surface area contributed by atoms with Gasteiger partial charge in [-0.3, -0.25) is 4.57 Å². The second kappa shape index (κ2) is 10.5. The van der Waals surface area contributed by atoms with Gasteiger partial charge in [-0.15, -0.1) is 0 Å². The summed E-state index contributed by atoms with van der Waals surface area (Å²) in [7, 11) is 0. The molecule has 0 amide bonds. The van der Waals surface area contributed by atoms with Gasteiger partial charge in [0.15, 0.2) is 0 Å². The van der Waals surface area contributed by atoms with Crippen LogP contribution in [0.25, 0.3) is 11.3 Å². The van der Waals surface area contributed by atoms with Gasteiger partial charge >= 0.3 is 35.2 Å². The largest absolute Gasteiger partial charge is 1.00 e. The summed E-state index contributed by atoms with van der Waals surface area (Å²) in [6.07, 6.45) is 6.31. The second-order valence-electron chi connectivity index (χ2n) is 5.39. The fourth-order valence-corrected chi connectivity index (χ4v) is 2.53. The van der Waals surface area contributed by atoms with Crippen LogP contribution >= 0.6 is 0 Å². The van der Waals surface area contributed by atoms with E-state index >= 15 is 0 Å². The fourth-order valence-electron chi connectivity index (χ4n) is 2.53. The minimum Gasteiger partial charge on any atom is -0.550 e. The number of H-pyrrole nitrogens is 1. The van der Waals surface area contributed by atoms with Crippen LogP contribution in [-0.4, -0.2) is 15.5 Å². The van der Waals surface area contributed by atoms with E-state index in [-0.39, 0.29) is 41.7 Å². The van der Waals surface area contributed by atoms with Crippen LogP contribution in [0.4, 0.5) is 0 Å². The molecule has 5 nitrogen and oxygen atoms in total. The average Bonchev–Trinajstić information content (AvgIpc) is 2.88. The predicted molar refractivity (Wildman–Crippen MR) is 83.2 cm³/mol. The van der Waals surface area contributed by atoms with Crippen molar-refractivity contribution in [2.45, 2.75) is 45.1 Å². The summed E-state index contributed by atoms with van der Waals surface area (Å²) in [5, 5.41) is 10.3. The number of rotatable bonds is 9. The van der Waals surface area contributed by atoms with Crippen molar-refractivity contribution in [1.29, 1.82) is 0 Å². The Bertz CT molecular complexity index is 649. The van der Waals surface area contributed by atoms with Crippen LogP contribution in [0.15, 0.2) is 41.3 Å². The Kier molecular flexibility index (Phi) is 8.99. The zero-order valence-electron chi connectivity index (χ0n) is 13.6. The third-order valence-corrected chi connectivity index (χ3v) is 3.70. The van der Waals surface area contributed by atoms with Gasteiger partial charge in [-0.2, -0.15) is 0 Å². The number of hydrogen-bond donors (Lipinski definition) is 1. The van der Waals surface area contributed by atoms with Crippen LogP contribution in [0.2, 0.25) is 0 Å². The van der Waals surface area contributed by atoms with E-state index in [4.69, 9.17) is 0 Å². The molecule has 1 N–H and O–H groups in total. The molecule has 2 aromatic rings. The van der Waals surface area contributed by atoms with Gasteiger partial charge in [0, 0.05) is 18.7 Å². The standard InChI is InChI=1S/C17H22N2O3.Na/c20-16(21)11-7-2-1-3-8-12-19-15(13-18-17(19)22)14-9-5-4-6-10-14;/h4-6,9-10,13H,1-3,7-8,11-12H2,(H,18,22)(H,20,21);/q;+1/p-1. The van der Waals surface area contributed by atoms with Gasteiger partial charge in [-0.1, -0.05) is 49.6 Å². The van der Waals surface area contributed by atoms with Crippen LogP contribution in [-0.2, 0) is 11.3 Å². The van der Waals surface area contributed by atoms with Gasteiger partial charge in [0.25, 0.3) is 0 Å². The van der Waals surface area contributed by atoms with Crippen molar-refractivity contribution in [1.82, 2.24) is 9.55 Å². The maximum atomic E-state index is 11.9. The first kappa shape index (κ1) is 19.7. The molecular weight excluding hydrogens is 303 g/mol. The Morgan fingerprint density at radius 1 is 1.04 bits per heavy atom. The number of aliphatic carboxylic acids is 1. The first-order valence-electron chi connectivity index (χ1n) is 7.72. The van der Waals surface area contributed by atoms with Gasteiger partial charge in [0.2, 0.25) is 0 Å². The quantitative estimate of drug-likeness (QED) is 0.472. The molecule has 0 aliphatic heterocycles. The van der Waals surface area contributed by atoms with E-state index < -0.39 is 5.97 Å². The van der Waals surface area contributed by atoms with Crippen LogP contribution < -0.4 is 40.4 Å². The number of aromatic nitrogens is 2. The molecule has 0 saturated heterocycles. The Morgan fingerprint density at radius 3 is 2.39 bits per heavy atom. The predicted octanol–water partition coefficient (Wildman–Crippen LogP) is -1.06. The van der Waals surface area contributed by atoms with E-state index in [2.05, 4.69) is 4.98 Å². The number of nitrogens with one attached hydrogen (secondary N) is 1. The molecular formula is C17H21N2NaO3. The molecule has 0 bridgehead atoms. The van der Waals surface area contributed by atoms with Crippen LogP contribution in [0.5, 0.6) is 0 Å².